The molecular formula is C14H19FO2. The Morgan fingerprint density at radius 3 is 2.71 bits per heavy atom. The maximum atomic E-state index is 13.3. The summed E-state index contributed by atoms with van der Waals surface area (Å²) in [6.07, 6.45) is 2.58. The normalized spacial score (nSPS) is 24.5. The van der Waals surface area contributed by atoms with Crippen LogP contribution < -0.4 is 4.74 Å². The smallest absolute Gasteiger partial charge is 0.123 e. The van der Waals surface area contributed by atoms with E-state index in [9.17, 15) is 4.39 Å². The van der Waals surface area contributed by atoms with Gasteiger partial charge in [-0.15, -0.1) is 0 Å². The van der Waals surface area contributed by atoms with Gasteiger partial charge in [-0.3, -0.25) is 0 Å². The maximum absolute atomic E-state index is 13.3. The van der Waals surface area contributed by atoms with Crippen LogP contribution in [0.25, 0.3) is 0 Å². The molecule has 0 bridgehead atoms. The number of benzene rings is 1. The molecule has 2 rings (SSSR count). The van der Waals surface area contributed by atoms with Crippen molar-refractivity contribution in [2.24, 2.45) is 0 Å². The Hall–Kier alpha value is -1.09. The predicted octanol–water partition coefficient (Wildman–Crippen LogP) is 3.51. The van der Waals surface area contributed by atoms with Crippen molar-refractivity contribution in [3.8, 4) is 5.75 Å². The second-order valence-corrected chi connectivity index (χ2v) is 4.61. The molecule has 1 aromatic rings. The first-order valence-electron chi connectivity index (χ1n) is 6.14. The second kappa shape index (κ2) is 5.05. The maximum Gasteiger partial charge on any atom is 0.123 e. The lowest BCUT2D eigenvalue weighted by molar-refractivity contribution is 0.352. The van der Waals surface area contributed by atoms with Crippen LogP contribution in [0.4, 0.5) is 4.39 Å². The number of hydrogen-bond acceptors (Lipinski definition) is 2. The van der Waals surface area contributed by atoms with E-state index >= 15 is 0 Å². The van der Waals surface area contributed by atoms with E-state index in [1.54, 1.807) is 19.2 Å². The number of ether oxygens (including phenoxy) is 2. The highest BCUT2D eigenvalue weighted by Gasteiger charge is 2.36. The van der Waals surface area contributed by atoms with Crippen molar-refractivity contribution < 1.29 is 13.9 Å². The first-order valence-corrected chi connectivity index (χ1v) is 6.14. The number of rotatable bonds is 5. The molecule has 0 amide bonds. The summed E-state index contributed by atoms with van der Waals surface area (Å²) in [6.45, 7) is 4.18. The standard InChI is InChI=1S/C14H19FO2/c1-4-10(7-14-9(2)17-14)12-8-11(15)5-6-13(12)16-3/h5-6,8-10,14H,4,7H2,1-3H3. The van der Waals surface area contributed by atoms with Gasteiger partial charge in [-0.1, -0.05) is 6.92 Å². The molecule has 1 aliphatic heterocycles. The van der Waals surface area contributed by atoms with Gasteiger partial charge in [0.25, 0.3) is 0 Å². The fourth-order valence-electron chi connectivity index (χ4n) is 2.30. The number of halogens is 1. The molecule has 1 fully saturated rings. The summed E-state index contributed by atoms with van der Waals surface area (Å²) in [4.78, 5) is 0. The Balaban J connectivity index is 2.19. The molecule has 0 N–H and O–H groups in total. The zero-order valence-corrected chi connectivity index (χ0v) is 10.6. The van der Waals surface area contributed by atoms with E-state index in [1.807, 2.05) is 0 Å². The van der Waals surface area contributed by atoms with E-state index < -0.39 is 0 Å². The highest BCUT2D eigenvalue weighted by Crippen LogP contribution is 2.38. The van der Waals surface area contributed by atoms with Crippen LogP contribution in [0.1, 0.15) is 38.2 Å². The number of epoxide rings is 1. The summed E-state index contributed by atoms with van der Waals surface area (Å²) >= 11 is 0. The van der Waals surface area contributed by atoms with Crippen LogP contribution in [-0.4, -0.2) is 19.3 Å². The number of methoxy groups -OCH3 is 1. The first-order chi connectivity index (χ1) is 8.15. The van der Waals surface area contributed by atoms with E-state index in [1.165, 1.54) is 6.07 Å². The fourth-order valence-corrected chi connectivity index (χ4v) is 2.30. The van der Waals surface area contributed by atoms with E-state index in [4.69, 9.17) is 9.47 Å². The molecule has 0 radical (unpaired) electrons. The van der Waals surface area contributed by atoms with Crippen LogP contribution in [0.2, 0.25) is 0 Å². The lowest BCUT2D eigenvalue weighted by Crippen LogP contribution is -2.05. The molecule has 1 heterocycles. The molecule has 1 aliphatic rings. The van der Waals surface area contributed by atoms with Gasteiger partial charge in [0.05, 0.1) is 19.3 Å². The lowest BCUT2D eigenvalue weighted by Gasteiger charge is -2.17. The van der Waals surface area contributed by atoms with Crippen molar-refractivity contribution in [1.82, 2.24) is 0 Å². The molecule has 0 aliphatic carbocycles. The minimum atomic E-state index is -0.205. The van der Waals surface area contributed by atoms with Crippen LogP contribution in [0.3, 0.4) is 0 Å². The third-order valence-corrected chi connectivity index (χ3v) is 3.48. The van der Waals surface area contributed by atoms with E-state index in [-0.39, 0.29) is 5.82 Å². The van der Waals surface area contributed by atoms with Crippen molar-refractivity contribution in [1.29, 1.82) is 0 Å². The van der Waals surface area contributed by atoms with Gasteiger partial charge in [-0.05, 0) is 43.9 Å². The van der Waals surface area contributed by atoms with Gasteiger partial charge in [0.1, 0.15) is 11.6 Å². The molecule has 0 spiro atoms. The van der Waals surface area contributed by atoms with E-state index in [2.05, 4.69) is 13.8 Å². The lowest BCUT2D eigenvalue weighted by atomic mass is 9.90. The highest BCUT2D eigenvalue weighted by molar-refractivity contribution is 5.37. The monoisotopic (exact) mass is 238 g/mol. The fraction of sp³-hybridized carbons (Fsp3) is 0.571. The van der Waals surface area contributed by atoms with E-state index in [0.29, 0.717) is 18.1 Å². The minimum absolute atomic E-state index is 0.205. The Labute approximate surface area is 102 Å². The third kappa shape index (κ3) is 2.78. The Morgan fingerprint density at radius 2 is 2.18 bits per heavy atom. The van der Waals surface area contributed by atoms with Crippen LogP contribution >= 0.6 is 0 Å². The van der Waals surface area contributed by atoms with E-state index in [0.717, 1.165) is 24.2 Å². The average molecular weight is 238 g/mol. The molecule has 3 atom stereocenters. The summed E-state index contributed by atoms with van der Waals surface area (Å²) < 4.78 is 24.1. The van der Waals surface area contributed by atoms with Crippen LogP contribution in [0.15, 0.2) is 18.2 Å². The van der Waals surface area contributed by atoms with Gasteiger partial charge in [-0.2, -0.15) is 0 Å². The summed E-state index contributed by atoms with van der Waals surface area (Å²) in [6, 6.07) is 4.72. The molecule has 2 nitrogen and oxygen atoms in total. The van der Waals surface area contributed by atoms with Crippen molar-refractivity contribution in [2.75, 3.05) is 7.11 Å². The molecule has 3 heteroatoms. The largest absolute Gasteiger partial charge is 0.496 e. The quantitative estimate of drug-likeness (QED) is 0.732. The first kappa shape index (κ1) is 12.4. The van der Waals surface area contributed by atoms with Gasteiger partial charge in [0.15, 0.2) is 0 Å². The SMILES string of the molecule is CCC(CC1OC1C)c1cc(F)ccc1OC. The van der Waals surface area contributed by atoms with Crippen molar-refractivity contribution in [3.05, 3.63) is 29.6 Å². The third-order valence-electron chi connectivity index (χ3n) is 3.48. The molecule has 0 saturated carbocycles. The summed E-state index contributed by atoms with van der Waals surface area (Å²) in [5.74, 6) is 0.867. The van der Waals surface area contributed by atoms with Gasteiger partial charge in [-0.25, -0.2) is 4.39 Å². The van der Waals surface area contributed by atoms with Crippen LogP contribution in [0.5, 0.6) is 5.75 Å². The Kier molecular flexibility index (Phi) is 3.67. The van der Waals surface area contributed by atoms with Gasteiger partial charge in [0, 0.05) is 5.56 Å². The van der Waals surface area contributed by atoms with Crippen molar-refractivity contribution >= 4 is 0 Å². The Morgan fingerprint density at radius 1 is 1.47 bits per heavy atom. The average Bonchev–Trinajstić information content (AvgIpc) is 3.02. The number of hydrogen-bond donors (Lipinski definition) is 0. The van der Waals surface area contributed by atoms with Gasteiger partial charge >= 0.3 is 0 Å². The minimum Gasteiger partial charge on any atom is -0.496 e. The Bertz CT molecular complexity index is 392. The molecule has 94 valence electrons. The molecule has 3 unspecified atom stereocenters. The topological polar surface area (TPSA) is 21.8 Å². The van der Waals surface area contributed by atoms with Gasteiger partial charge in [0.2, 0.25) is 0 Å². The van der Waals surface area contributed by atoms with Crippen LogP contribution in [-0.2, 0) is 4.74 Å². The molecule has 17 heavy (non-hydrogen) atoms. The highest BCUT2D eigenvalue weighted by atomic mass is 19.1. The molecule has 1 aromatic carbocycles. The van der Waals surface area contributed by atoms with Crippen LogP contribution in [0, 0.1) is 5.82 Å². The van der Waals surface area contributed by atoms with Crippen molar-refractivity contribution in [2.45, 2.75) is 44.8 Å². The summed E-state index contributed by atoms with van der Waals surface area (Å²) in [5, 5.41) is 0. The summed E-state index contributed by atoms with van der Waals surface area (Å²) in [5.41, 5.74) is 0.956. The molecule has 0 aromatic heterocycles. The summed E-state index contributed by atoms with van der Waals surface area (Å²) in [7, 11) is 1.62. The molecule has 1 saturated heterocycles. The van der Waals surface area contributed by atoms with Gasteiger partial charge < -0.3 is 9.47 Å². The zero-order valence-electron chi connectivity index (χ0n) is 10.6. The predicted molar refractivity (Wildman–Crippen MR) is 64.9 cm³/mol. The molecular weight excluding hydrogens is 219 g/mol. The van der Waals surface area contributed by atoms with Crippen molar-refractivity contribution in [3.63, 3.8) is 0 Å². The zero-order chi connectivity index (χ0) is 12.4. The second-order valence-electron chi connectivity index (χ2n) is 4.61.